The monoisotopic (exact) mass is 393 g/mol. The average Bonchev–Trinajstić information content (AvgIpc) is 2.52. The molecule has 1 rings (SSSR count). The summed E-state index contributed by atoms with van der Waals surface area (Å²) in [6.07, 6.45) is 0.627. The number of ether oxygens (including phenoxy) is 1. The number of amides is 1. The summed E-state index contributed by atoms with van der Waals surface area (Å²) in [7, 11) is -2.30. The highest BCUT2D eigenvalue weighted by Gasteiger charge is 2.28. The number of hydrogen-bond donors (Lipinski definition) is 3. The molecular formula is C16H28ClN3O4S. The lowest BCUT2D eigenvalue weighted by molar-refractivity contribution is -0.123. The van der Waals surface area contributed by atoms with Gasteiger partial charge in [-0.05, 0) is 43.5 Å². The molecule has 0 fully saturated rings. The van der Waals surface area contributed by atoms with Crippen molar-refractivity contribution < 1.29 is 17.9 Å². The molecule has 1 aromatic rings. The number of rotatable bonds is 9. The molecule has 1 amide bonds. The molecule has 0 saturated heterocycles. The molecule has 0 bridgehead atoms. The Morgan fingerprint density at radius 3 is 2.20 bits per heavy atom. The summed E-state index contributed by atoms with van der Waals surface area (Å²) in [5.74, 6) is -0.000864. The van der Waals surface area contributed by atoms with Crippen LogP contribution in [-0.4, -0.2) is 40.1 Å². The van der Waals surface area contributed by atoms with Crippen LogP contribution in [0.25, 0.3) is 0 Å². The lowest BCUT2D eigenvalue weighted by Crippen LogP contribution is -2.50. The molecule has 0 radical (unpaired) electrons. The molecule has 9 heteroatoms. The number of halogens is 1. The lowest BCUT2D eigenvalue weighted by Gasteiger charge is -2.22. The first kappa shape index (κ1) is 23.6. The van der Waals surface area contributed by atoms with E-state index in [9.17, 15) is 13.2 Å². The summed E-state index contributed by atoms with van der Waals surface area (Å²) in [6.45, 7) is 5.82. The van der Waals surface area contributed by atoms with Crippen molar-refractivity contribution >= 4 is 28.3 Å². The molecule has 0 aromatic heterocycles. The predicted octanol–water partition coefficient (Wildman–Crippen LogP) is 1.27. The maximum atomic E-state index is 12.5. The number of sulfonamides is 1. The second-order valence-corrected chi connectivity index (χ2v) is 7.79. The largest absolute Gasteiger partial charge is 0.497 e. The van der Waals surface area contributed by atoms with Crippen molar-refractivity contribution in [1.29, 1.82) is 0 Å². The van der Waals surface area contributed by atoms with Crippen molar-refractivity contribution in [3.63, 3.8) is 0 Å². The highest BCUT2D eigenvalue weighted by Crippen LogP contribution is 2.16. The van der Waals surface area contributed by atoms with Gasteiger partial charge in [-0.2, -0.15) is 4.72 Å². The smallest absolute Gasteiger partial charge is 0.241 e. The van der Waals surface area contributed by atoms with Crippen LogP contribution in [0.1, 0.15) is 27.2 Å². The van der Waals surface area contributed by atoms with Crippen molar-refractivity contribution in [1.82, 2.24) is 10.0 Å². The molecule has 1 aromatic carbocycles. The van der Waals surface area contributed by atoms with Gasteiger partial charge in [0.15, 0.2) is 0 Å². The fraction of sp³-hybridized carbons (Fsp3) is 0.562. The van der Waals surface area contributed by atoms with E-state index in [1.54, 1.807) is 26.0 Å². The Kier molecular flexibility index (Phi) is 10.0. The Balaban J connectivity index is 0.00000576. The van der Waals surface area contributed by atoms with Gasteiger partial charge in [0, 0.05) is 12.6 Å². The van der Waals surface area contributed by atoms with Crippen LogP contribution in [0, 0.1) is 5.92 Å². The van der Waals surface area contributed by atoms with Crippen LogP contribution in [0.4, 0.5) is 0 Å². The second-order valence-electron chi connectivity index (χ2n) is 6.08. The van der Waals surface area contributed by atoms with Gasteiger partial charge in [0.1, 0.15) is 11.8 Å². The first-order valence-corrected chi connectivity index (χ1v) is 9.35. The predicted molar refractivity (Wildman–Crippen MR) is 100 cm³/mol. The Morgan fingerprint density at radius 1 is 1.20 bits per heavy atom. The van der Waals surface area contributed by atoms with Crippen LogP contribution < -0.4 is 20.5 Å². The van der Waals surface area contributed by atoms with Gasteiger partial charge < -0.3 is 15.8 Å². The van der Waals surface area contributed by atoms with Gasteiger partial charge in [0.25, 0.3) is 0 Å². The van der Waals surface area contributed by atoms with E-state index in [1.807, 2.05) is 6.92 Å². The zero-order valence-electron chi connectivity index (χ0n) is 15.0. The minimum atomic E-state index is -3.81. The average molecular weight is 394 g/mol. The molecule has 0 aliphatic rings. The third kappa shape index (κ3) is 7.60. The molecule has 0 spiro atoms. The standard InChI is InChI=1S/C16H27N3O4S.ClH/c1-11(2)15(16(20)18-10-9-12(3)17)19-24(21,22)14-7-5-13(23-4)6-8-14;/h5-8,11-12,15,19H,9-10,17H2,1-4H3,(H,18,20);1H. The lowest BCUT2D eigenvalue weighted by atomic mass is 10.0. The molecule has 25 heavy (non-hydrogen) atoms. The van der Waals surface area contributed by atoms with Gasteiger partial charge in [-0.1, -0.05) is 13.8 Å². The third-order valence-corrected chi connectivity index (χ3v) is 4.96. The van der Waals surface area contributed by atoms with E-state index < -0.39 is 16.1 Å². The molecule has 0 heterocycles. The maximum absolute atomic E-state index is 12.5. The Bertz CT molecular complexity index is 633. The van der Waals surface area contributed by atoms with E-state index >= 15 is 0 Å². The SMILES string of the molecule is COc1ccc(S(=O)(=O)NC(C(=O)NCCC(C)N)C(C)C)cc1.Cl. The molecule has 0 aliphatic carbocycles. The quantitative estimate of drug-likeness (QED) is 0.585. The van der Waals surface area contributed by atoms with E-state index in [-0.39, 0.29) is 35.2 Å². The van der Waals surface area contributed by atoms with Gasteiger partial charge in [-0.25, -0.2) is 8.42 Å². The summed E-state index contributed by atoms with van der Waals surface area (Å²) in [4.78, 5) is 12.4. The van der Waals surface area contributed by atoms with E-state index in [4.69, 9.17) is 10.5 Å². The molecule has 2 unspecified atom stereocenters. The Hall–Kier alpha value is -1.35. The molecule has 144 valence electrons. The minimum Gasteiger partial charge on any atom is -0.497 e. The summed E-state index contributed by atoms with van der Waals surface area (Å²) in [6, 6.07) is 5.10. The van der Waals surface area contributed by atoms with E-state index in [1.165, 1.54) is 19.2 Å². The Labute approximate surface area is 156 Å². The number of hydrogen-bond acceptors (Lipinski definition) is 5. The first-order chi connectivity index (χ1) is 11.2. The molecule has 4 N–H and O–H groups in total. The summed E-state index contributed by atoms with van der Waals surface area (Å²) >= 11 is 0. The minimum absolute atomic E-state index is 0. The van der Waals surface area contributed by atoms with Crippen LogP contribution in [-0.2, 0) is 14.8 Å². The zero-order chi connectivity index (χ0) is 18.3. The Morgan fingerprint density at radius 2 is 1.76 bits per heavy atom. The highest BCUT2D eigenvalue weighted by molar-refractivity contribution is 7.89. The van der Waals surface area contributed by atoms with Crippen molar-refractivity contribution in [2.45, 2.75) is 44.2 Å². The topological polar surface area (TPSA) is 111 Å². The van der Waals surface area contributed by atoms with Crippen LogP contribution in [0.5, 0.6) is 5.75 Å². The summed E-state index contributed by atoms with van der Waals surface area (Å²) < 4.78 is 32.4. The zero-order valence-corrected chi connectivity index (χ0v) is 16.6. The van der Waals surface area contributed by atoms with Crippen molar-refractivity contribution in [2.24, 2.45) is 11.7 Å². The molecule has 2 atom stereocenters. The van der Waals surface area contributed by atoms with Gasteiger partial charge in [-0.15, -0.1) is 12.4 Å². The van der Waals surface area contributed by atoms with E-state index in [0.717, 1.165) is 0 Å². The number of methoxy groups -OCH3 is 1. The van der Waals surface area contributed by atoms with Crippen LogP contribution in [0.3, 0.4) is 0 Å². The number of nitrogens with two attached hydrogens (primary N) is 1. The summed E-state index contributed by atoms with van der Waals surface area (Å²) in [5.41, 5.74) is 5.64. The first-order valence-electron chi connectivity index (χ1n) is 7.87. The van der Waals surface area contributed by atoms with Crippen molar-refractivity contribution in [3.8, 4) is 5.75 Å². The van der Waals surface area contributed by atoms with Gasteiger partial charge in [-0.3, -0.25) is 4.79 Å². The number of carbonyl (C=O) groups excluding carboxylic acids is 1. The normalized spacial score (nSPS) is 13.7. The fourth-order valence-corrected chi connectivity index (χ4v) is 3.36. The van der Waals surface area contributed by atoms with E-state index in [0.29, 0.717) is 18.7 Å². The highest BCUT2D eigenvalue weighted by atomic mass is 35.5. The number of carbonyl (C=O) groups is 1. The second kappa shape index (κ2) is 10.6. The van der Waals surface area contributed by atoms with Crippen LogP contribution in [0.15, 0.2) is 29.2 Å². The maximum Gasteiger partial charge on any atom is 0.241 e. The van der Waals surface area contributed by atoms with Gasteiger partial charge in [0.2, 0.25) is 15.9 Å². The van der Waals surface area contributed by atoms with Crippen molar-refractivity contribution in [3.05, 3.63) is 24.3 Å². The van der Waals surface area contributed by atoms with E-state index in [2.05, 4.69) is 10.0 Å². The number of benzene rings is 1. The summed E-state index contributed by atoms with van der Waals surface area (Å²) in [5, 5.41) is 2.72. The van der Waals surface area contributed by atoms with Crippen LogP contribution in [0.2, 0.25) is 0 Å². The fourth-order valence-electron chi connectivity index (χ4n) is 2.02. The number of nitrogens with one attached hydrogen (secondary N) is 2. The molecular weight excluding hydrogens is 366 g/mol. The molecule has 7 nitrogen and oxygen atoms in total. The van der Waals surface area contributed by atoms with Gasteiger partial charge in [0.05, 0.1) is 12.0 Å². The van der Waals surface area contributed by atoms with Crippen molar-refractivity contribution in [2.75, 3.05) is 13.7 Å². The molecule has 0 saturated carbocycles. The molecule has 0 aliphatic heterocycles. The van der Waals surface area contributed by atoms with Gasteiger partial charge >= 0.3 is 0 Å². The third-order valence-electron chi connectivity index (χ3n) is 3.50. The van der Waals surface area contributed by atoms with Crippen LogP contribution >= 0.6 is 12.4 Å².